The molecular weight excluding hydrogens is 303 g/mol. The van der Waals surface area contributed by atoms with Crippen LogP contribution >= 0.6 is 0 Å². The summed E-state index contributed by atoms with van der Waals surface area (Å²) in [5.41, 5.74) is 1.19. The molecule has 0 saturated heterocycles. The molecule has 1 unspecified atom stereocenters. The lowest BCUT2D eigenvalue weighted by Gasteiger charge is -2.29. The predicted molar refractivity (Wildman–Crippen MR) is 95.3 cm³/mol. The van der Waals surface area contributed by atoms with Crippen LogP contribution < -0.4 is 5.32 Å². The van der Waals surface area contributed by atoms with Crippen LogP contribution in [-0.2, 0) is 10.2 Å². The van der Waals surface area contributed by atoms with Crippen molar-refractivity contribution >= 4 is 5.91 Å². The molecule has 0 fully saturated rings. The molecule has 0 aromatic heterocycles. The Balaban J connectivity index is 2.11. The van der Waals surface area contributed by atoms with E-state index >= 15 is 0 Å². The third-order valence-corrected chi connectivity index (χ3v) is 4.38. The van der Waals surface area contributed by atoms with Crippen LogP contribution in [0.2, 0.25) is 0 Å². The van der Waals surface area contributed by atoms with Gasteiger partial charge in [-0.15, -0.1) is 0 Å². The highest BCUT2D eigenvalue weighted by atomic mass is 19.1. The van der Waals surface area contributed by atoms with Crippen molar-refractivity contribution in [1.29, 1.82) is 0 Å². The van der Waals surface area contributed by atoms with E-state index < -0.39 is 5.41 Å². The van der Waals surface area contributed by atoms with E-state index in [9.17, 15) is 9.18 Å². The number of amides is 1. The highest BCUT2D eigenvalue weighted by Crippen LogP contribution is 2.24. The van der Waals surface area contributed by atoms with Gasteiger partial charge < -0.3 is 10.2 Å². The van der Waals surface area contributed by atoms with Crippen molar-refractivity contribution in [3.63, 3.8) is 0 Å². The Morgan fingerprint density at radius 1 is 1.12 bits per heavy atom. The molecule has 0 bridgehead atoms. The van der Waals surface area contributed by atoms with Gasteiger partial charge in [0, 0.05) is 6.54 Å². The highest BCUT2D eigenvalue weighted by Gasteiger charge is 2.30. The SMILES string of the molecule is CN(C)C(CNC(=O)C(C)(C)c1ccccc1)c1cccc(F)c1. The van der Waals surface area contributed by atoms with Gasteiger partial charge in [-0.05, 0) is 51.2 Å². The van der Waals surface area contributed by atoms with Gasteiger partial charge in [0.2, 0.25) is 5.91 Å². The van der Waals surface area contributed by atoms with Gasteiger partial charge in [0.1, 0.15) is 5.82 Å². The maximum Gasteiger partial charge on any atom is 0.230 e. The summed E-state index contributed by atoms with van der Waals surface area (Å²) >= 11 is 0. The molecular formula is C20H25FN2O. The van der Waals surface area contributed by atoms with E-state index in [0.29, 0.717) is 6.54 Å². The summed E-state index contributed by atoms with van der Waals surface area (Å²) in [4.78, 5) is 14.7. The first-order valence-corrected chi connectivity index (χ1v) is 8.08. The van der Waals surface area contributed by atoms with Gasteiger partial charge in [-0.3, -0.25) is 4.79 Å². The van der Waals surface area contributed by atoms with Crippen LogP contribution in [0.5, 0.6) is 0 Å². The summed E-state index contributed by atoms with van der Waals surface area (Å²) in [6.07, 6.45) is 0. The summed E-state index contributed by atoms with van der Waals surface area (Å²) in [6, 6.07) is 16.1. The first kappa shape index (κ1) is 18.1. The van der Waals surface area contributed by atoms with Crippen LogP contribution in [0.1, 0.15) is 31.0 Å². The van der Waals surface area contributed by atoms with Crippen LogP contribution in [0.15, 0.2) is 54.6 Å². The van der Waals surface area contributed by atoms with Gasteiger partial charge >= 0.3 is 0 Å². The molecule has 0 aliphatic rings. The Morgan fingerprint density at radius 3 is 2.38 bits per heavy atom. The second kappa shape index (κ2) is 7.58. The molecule has 3 nitrogen and oxygen atoms in total. The van der Waals surface area contributed by atoms with Crippen molar-refractivity contribution in [2.45, 2.75) is 25.3 Å². The largest absolute Gasteiger partial charge is 0.353 e. The topological polar surface area (TPSA) is 32.3 Å². The van der Waals surface area contributed by atoms with E-state index in [1.54, 1.807) is 6.07 Å². The van der Waals surface area contributed by atoms with E-state index in [4.69, 9.17) is 0 Å². The van der Waals surface area contributed by atoms with Crippen molar-refractivity contribution in [2.75, 3.05) is 20.6 Å². The molecule has 0 heterocycles. The van der Waals surface area contributed by atoms with E-state index in [2.05, 4.69) is 5.32 Å². The van der Waals surface area contributed by atoms with Crippen LogP contribution in [0.3, 0.4) is 0 Å². The molecule has 1 atom stereocenters. The number of hydrogen-bond donors (Lipinski definition) is 1. The quantitative estimate of drug-likeness (QED) is 0.880. The number of nitrogens with zero attached hydrogens (tertiary/aromatic N) is 1. The zero-order valence-corrected chi connectivity index (χ0v) is 14.7. The van der Waals surface area contributed by atoms with Crippen LogP contribution in [0.4, 0.5) is 4.39 Å². The molecule has 0 aliphatic heterocycles. The molecule has 0 spiro atoms. The lowest BCUT2D eigenvalue weighted by Crippen LogP contribution is -2.43. The average Bonchev–Trinajstić information content (AvgIpc) is 2.55. The van der Waals surface area contributed by atoms with Crippen LogP contribution in [-0.4, -0.2) is 31.4 Å². The number of rotatable bonds is 6. The molecule has 1 amide bonds. The minimum Gasteiger partial charge on any atom is -0.353 e. The van der Waals surface area contributed by atoms with Crippen molar-refractivity contribution in [3.05, 3.63) is 71.5 Å². The van der Waals surface area contributed by atoms with Gasteiger partial charge in [-0.25, -0.2) is 4.39 Å². The second-order valence-electron chi connectivity index (χ2n) is 6.74. The minimum absolute atomic E-state index is 0.0445. The third kappa shape index (κ3) is 4.20. The Hall–Kier alpha value is -2.20. The van der Waals surface area contributed by atoms with Gasteiger partial charge in [0.25, 0.3) is 0 Å². The summed E-state index contributed by atoms with van der Waals surface area (Å²) < 4.78 is 13.5. The molecule has 128 valence electrons. The number of carbonyl (C=O) groups excluding carboxylic acids is 1. The zero-order chi connectivity index (χ0) is 17.7. The van der Waals surface area contributed by atoms with Gasteiger partial charge in [0.05, 0.1) is 11.5 Å². The third-order valence-electron chi connectivity index (χ3n) is 4.38. The molecule has 4 heteroatoms. The standard InChI is InChI=1S/C20H25FN2O/c1-20(2,16-10-6-5-7-11-16)19(24)22-14-18(23(3)4)15-9-8-12-17(21)13-15/h5-13,18H,14H2,1-4H3,(H,22,24). The van der Waals surface area contributed by atoms with Crippen molar-refractivity contribution < 1.29 is 9.18 Å². The molecule has 2 rings (SSSR count). The van der Waals surface area contributed by atoms with Crippen LogP contribution in [0, 0.1) is 5.82 Å². The Morgan fingerprint density at radius 2 is 1.79 bits per heavy atom. The molecule has 1 N–H and O–H groups in total. The average molecular weight is 328 g/mol. The number of benzene rings is 2. The lowest BCUT2D eigenvalue weighted by atomic mass is 9.83. The number of likely N-dealkylation sites (N-methyl/N-ethyl adjacent to an activating group) is 1. The number of carbonyl (C=O) groups is 1. The number of nitrogens with one attached hydrogen (secondary N) is 1. The Labute approximate surface area is 143 Å². The number of hydrogen-bond acceptors (Lipinski definition) is 2. The maximum absolute atomic E-state index is 13.5. The minimum atomic E-state index is -0.625. The molecule has 0 radical (unpaired) electrons. The van der Waals surface area contributed by atoms with Gasteiger partial charge in [0.15, 0.2) is 0 Å². The summed E-state index contributed by atoms with van der Waals surface area (Å²) in [5, 5.41) is 3.02. The van der Waals surface area contributed by atoms with Crippen molar-refractivity contribution in [1.82, 2.24) is 10.2 Å². The molecule has 2 aromatic carbocycles. The van der Waals surface area contributed by atoms with Gasteiger partial charge in [-0.1, -0.05) is 42.5 Å². The first-order valence-electron chi connectivity index (χ1n) is 8.08. The molecule has 0 saturated carbocycles. The van der Waals surface area contributed by atoms with Crippen molar-refractivity contribution in [3.8, 4) is 0 Å². The van der Waals surface area contributed by atoms with Gasteiger partial charge in [-0.2, -0.15) is 0 Å². The molecule has 0 aliphatic carbocycles. The van der Waals surface area contributed by atoms with Crippen LogP contribution in [0.25, 0.3) is 0 Å². The summed E-state index contributed by atoms with van der Waals surface area (Å²) in [7, 11) is 3.84. The lowest BCUT2D eigenvalue weighted by molar-refractivity contribution is -0.125. The molecule has 2 aromatic rings. The fraction of sp³-hybridized carbons (Fsp3) is 0.350. The van der Waals surface area contributed by atoms with E-state index in [-0.39, 0.29) is 17.8 Å². The molecule has 24 heavy (non-hydrogen) atoms. The Kier molecular flexibility index (Phi) is 5.73. The fourth-order valence-electron chi connectivity index (χ4n) is 2.71. The highest BCUT2D eigenvalue weighted by molar-refractivity contribution is 5.87. The Bertz CT molecular complexity index is 683. The summed E-state index contributed by atoms with van der Waals surface area (Å²) in [6.45, 7) is 4.24. The predicted octanol–water partition coefficient (Wildman–Crippen LogP) is 3.52. The maximum atomic E-state index is 13.5. The van der Waals surface area contributed by atoms with E-state index in [1.807, 2.05) is 69.2 Å². The van der Waals surface area contributed by atoms with E-state index in [1.165, 1.54) is 12.1 Å². The zero-order valence-electron chi connectivity index (χ0n) is 14.7. The normalized spacial score (nSPS) is 12.9. The van der Waals surface area contributed by atoms with E-state index in [0.717, 1.165) is 11.1 Å². The monoisotopic (exact) mass is 328 g/mol. The second-order valence-corrected chi connectivity index (χ2v) is 6.74. The smallest absolute Gasteiger partial charge is 0.230 e. The first-order chi connectivity index (χ1) is 11.3. The van der Waals surface area contributed by atoms with Crippen molar-refractivity contribution in [2.24, 2.45) is 0 Å². The number of halogens is 1. The fourth-order valence-corrected chi connectivity index (χ4v) is 2.71. The summed E-state index contributed by atoms with van der Waals surface area (Å²) in [5.74, 6) is -0.313.